The summed E-state index contributed by atoms with van der Waals surface area (Å²) in [4.78, 5) is 12.2. The van der Waals surface area contributed by atoms with Gasteiger partial charge in [-0.05, 0) is 65.2 Å². The molecular weight excluding hydrogens is 458 g/mol. The Morgan fingerprint density at radius 2 is 2.03 bits per heavy atom. The number of benzene rings is 2. The summed E-state index contributed by atoms with van der Waals surface area (Å²) >= 11 is 3.46. The molecule has 31 heavy (non-hydrogen) atoms. The number of nitrogens with zero attached hydrogens (tertiary/aromatic N) is 2. The molecule has 0 saturated carbocycles. The van der Waals surface area contributed by atoms with Gasteiger partial charge in [-0.1, -0.05) is 24.3 Å². The van der Waals surface area contributed by atoms with Gasteiger partial charge in [0.25, 0.3) is 0 Å². The molecule has 0 aliphatic carbocycles. The molecule has 1 amide bonds. The fourth-order valence-corrected chi connectivity index (χ4v) is 3.47. The van der Waals surface area contributed by atoms with Gasteiger partial charge < -0.3 is 14.8 Å². The Balaban J connectivity index is 1.63. The topological polar surface area (TPSA) is 65.4 Å². The van der Waals surface area contributed by atoms with Crippen molar-refractivity contribution in [3.63, 3.8) is 0 Å². The minimum absolute atomic E-state index is 0.188. The summed E-state index contributed by atoms with van der Waals surface area (Å²) in [5, 5.41) is 7.26. The van der Waals surface area contributed by atoms with Gasteiger partial charge >= 0.3 is 0 Å². The smallest absolute Gasteiger partial charge is 0.244 e. The van der Waals surface area contributed by atoms with Gasteiger partial charge in [-0.25, -0.2) is 0 Å². The molecule has 3 rings (SSSR count). The Morgan fingerprint density at radius 3 is 2.74 bits per heavy atom. The lowest BCUT2D eigenvalue weighted by Gasteiger charge is -2.12. The highest BCUT2D eigenvalue weighted by Crippen LogP contribution is 2.24. The summed E-state index contributed by atoms with van der Waals surface area (Å²) in [5.41, 5.74) is 3.66. The Labute approximate surface area is 191 Å². The molecule has 0 aliphatic heterocycles. The number of methoxy groups -OCH3 is 1. The molecule has 0 atom stereocenters. The molecule has 0 unspecified atom stereocenters. The number of carbonyl (C=O) groups is 1. The second-order valence-electron chi connectivity index (χ2n) is 6.96. The first-order valence-electron chi connectivity index (χ1n) is 10.0. The predicted octanol–water partition coefficient (Wildman–Crippen LogP) is 4.89. The first-order chi connectivity index (χ1) is 15.0. The van der Waals surface area contributed by atoms with E-state index in [2.05, 4.69) is 26.3 Å². The third kappa shape index (κ3) is 6.21. The molecule has 1 aromatic heterocycles. The standard InChI is InChI=1S/C24H26BrN3O3/c1-4-28-15-20(25)21(27-28)14-26-24(29)12-10-18-9-11-23(30-3)19(13-18)16-31-22-8-6-5-7-17(22)2/h5-13,15H,4,14,16H2,1-3H3,(H,26,29)/b12-10+. The van der Waals surface area contributed by atoms with E-state index in [9.17, 15) is 4.79 Å². The molecule has 6 nitrogen and oxygen atoms in total. The maximum absolute atomic E-state index is 12.2. The summed E-state index contributed by atoms with van der Waals surface area (Å²) in [6.07, 6.45) is 5.18. The molecule has 0 saturated heterocycles. The van der Waals surface area contributed by atoms with Crippen LogP contribution < -0.4 is 14.8 Å². The number of carbonyl (C=O) groups excluding carboxylic acids is 1. The van der Waals surface area contributed by atoms with Gasteiger partial charge in [0.05, 0.1) is 23.8 Å². The molecule has 3 aromatic rings. The van der Waals surface area contributed by atoms with Crippen molar-refractivity contribution in [2.24, 2.45) is 0 Å². The molecular formula is C24H26BrN3O3. The zero-order chi connectivity index (χ0) is 22.2. The number of aryl methyl sites for hydroxylation is 2. The zero-order valence-electron chi connectivity index (χ0n) is 17.9. The Kier molecular flexibility index (Phi) is 7.89. The zero-order valence-corrected chi connectivity index (χ0v) is 19.5. The molecule has 1 heterocycles. The normalized spacial score (nSPS) is 11.0. The van der Waals surface area contributed by atoms with Crippen LogP contribution in [0.1, 0.15) is 29.3 Å². The van der Waals surface area contributed by atoms with E-state index in [0.29, 0.717) is 13.2 Å². The quantitative estimate of drug-likeness (QED) is 0.440. The van der Waals surface area contributed by atoms with Crippen molar-refractivity contribution in [1.29, 1.82) is 0 Å². The van der Waals surface area contributed by atoms with Gasteiger partial charge in [0.2, 0.25) is 5.91 Å². The highest BCUT2D eigenvalue weighted by molar-refractivity contribution is 9.10. The first kappa shape index (κ1) is 22.6. The van der Waals surface area contributed by atoms with Crippen LogP contribution in [0.4, 0.5) is 0 Å². The largest absolute Gasteiger partial charge is 0.496 e. The number of hydrogen-bond donors (Lipinski definition) is 1. The van der Waals surface area contributed by atoms with E-state index in [0.717, 1.165) is 44.9 Å². The van der Waals surface area contributed by atoms with Crippen LogP contribution in [0.5, 0.6) is 11.5 Å². The predicted molar refractivity (Wildman–Crippen MR) is 125 cm³/mol. The van der Waals surface area contributed by atoms with Crippen molar-refractivity contribution in [1.82, 2.24) is 15.1 Å². The van der Waals surface area contributed by atoms with Crippen LogP contribution in [0.25, 0.3) is 6.08 Å². The monoisotopic (exact) mass is 483 g/mol. The molecule has 0 radical (unpaired) electrons. The molecule has 0 bridgehead atoms. The SMILES string of the molecule is CCn1cc(Br)c(CNC(=O)/C=C/c2ccc(OC)c(COc3ccccc3C)c2)n1. The summed E-state index contributed by atoms with van der Waals surface area (Å²) in [7, 11) is 1.63. The molecule has 2 aromatic carbocycles. The number of ether oxygens (including phenoxy) is 2. The summed E-state index contributed by atoms with van der Waals surface area (Å²) in [6, 6.07) is 13.6. The van der Waals surface area contributed by atoms with Crippen LogP contribution in [0, 0.1) is 6.92 Å². The van der Waals surface area contributed by atoms with Crippen LogP contribution in [-0.4, -0.2) is 22.8 Å². The Morgan fingerprint density at radius 1 is 1.23 bits per heavy atom. The summed E-state index contributed by atoms with van der Waals surface area (Å²) in [6.45, 7) is 5.53. The van der Waals surface area contributed by atoms with Gasteiger partial charge in [0, 0.05) is 24.4 Å². The van der Waals surface area contributed by atoms with E-state index in [4.69, 9.17) is 9.47 Å². The lowest BCUT2D eigenvalue weighted by molar-refractivity contribution is -0.116. The highest BCUT2D eigenvalue weighted by atomic mass is 79.9. The highest BCUT2D eigenvalue weighted by Gasteiger charge is 2.08. The van der Waals surface area contributed by atoms with Crippen molar-refractivity contribution in [3.8, 4) is 11.5 Å². The number of aromatic nitrogens is 2. The van der Waals surface area contributed by atoms with Gasteiger partial charge in [0.1, 0.15) is 18.1 Å². The minimum Gasteiger partial charge on any atom is -0.496 e. The maximum atomic E-state index is 12.2. The van der Waals surface area contributed by atoms with Crippen molar-refractivity contribution in [2.75, 3.05) is 7.11 Å². The van der Waals surface area contributed by atoms with Crippen LogP contribution >= 0.6 is 15.9 Å². The molecule has 7 heteroatoms. The summed E-state index contributed by atoms with van der Waals surface area (Å²) < 4.78 is 14.1. The number of rotatable bonds is 9. The van der Waals surface area contributed by atoms with Gasteiger partial charge in [-0.3, -0.25) is 9.48 Å². The third-order valence-electron chi connectivity index (χ3n) is 4.75. The molecule has 1 N–H and O–H groups in total. The lowest BCUT2D eigenvalue weighted by atomic mass is 10.1. The average Bonchev–Trinajstić information content (AvgIpc) is 3.15. The van der Waals surface area contributed by atoms with E-state index in [1.807, 2.05) is 67.2 Å². The van der Waals surface area contributed by atoms with Crippen LogP contribution in [0.2, 0.25) is 0 Å². The molecule has 0 fully saturated rings. The molecule has 0 aliphatic rings. The van der Waals surface area contributed by atoms with E-state index >= 15 is 0 Å². The fraction of sp³-hybridized carbons (Fsp3) is 0.250. The van der Waals surface area contributed by atoms with E-state index in [1.165, 1.54) is 6.08 Å². The van der Waals surface area contributed by atoms with Crippen LogP contribution in [0.3, 0.4) is 0 Å². The minimum atomic E-state index is -0.188. The van der Waals surface area contributed by atoms with E-state index in [-0.39, 0.29) is 5.91 Å². The van der Waals surface area contributed by atoms with E-state index in [1.54, 1.807) is 13.2 Å². The number of amides is 1. The van der Waals surface area contributed by atoms with Gasteiger partial charge in [0.15, 0.2) is 0 Å². The fourth-order valence-electron chi connectivity index (χ4n) is 3.01. The molecule has 0 spiro atoms. The number of nitrogens with one attached hydrogen (secondary N) is 1. The number of halogens is 1. The molecule has 162 valence electrons. The van der Waals surface area contributed by atoms with Gasteiger partial charge in [-0.2, -0.15) is 5.10 Å². The van der Waals surface area contributed by atoms with Crippen molar-refractivity contribution in [3.05, 3.63) is 81.6 Å². The Hall–Kier alpha value is -3.06. The van der Waals surface area contributed by atoms with Gasteiger partial charge in [-0.15, -0.1) is 0 Å². The van der Waals surface area contributed by atoms with Crippen LogP contribution in [0.15, 0.2) is 59.2 Å². The van der Waals surface area contributed by atoms with Crippen LogP contribution in [-0.2, 0) is 24.5 Å². The van der Waals surface area contributed by atoms with Crippen molar-refractivity contribution >= 4 is 27.9 Å². The third-order valence-corrected chi connectivity index (χ3v) is 5.41. The average molecular weight is 484 g/mol. The first-order valence-corrected chi connectivity index (χ1v) is 10.8. The second kappa shape index (κ2) is 10.8. The maximum Gasteiger partial charge on any atom is 0.244 e. The second-order valence-corrected chi connectivity index (χ2v) is 7.81. The van der Waals surface area contributed by atoms with Crippen molar-refractivity contribution in [2.45, 2.75) is 33.5 Å². The Bertz CT molecular complexity index is 1080. The number of hydrogen-bond acceptors (Lipinski definition) is 4. The summed E-state index contributed by atoms with van der Waals surface area (Å²) in [5.74, 6) is 1.39. The lowest BCUT2D eigenvalue weighted by Crippen LogP contribution is -2.20. The van der Waals surface area contributed by atoms with Crippen molar-refractivity contribution < 1.29 is 14.3 Å². The number of para-hydroxylation sites is 1. The van der Waals surface area contributed by atoms with E-state index < -0.39 is 0 Å².